The quantitative estimate of drug-likeness (QED) is 0.766. The number of aromatic nitrogens is 2. The molecule has 1 aromatic heterocycles. The second-order valence-electron chi connectivity index (χ2n) is 4.59. The molecule has 1 heterocycles. The number of nitrogens with one attached hydrogen (secondary N) is 1. The number of alkyl halides is 3. The predicted molar refractivity (Wildman–Crippen MR) is 78.1 cm³/mol. The molecule has 0 saturated carbocycles. The first-order chi connectivity index (χ1) is 10.5. The van der Waals surface area contributed by atoms with Crippen LogP contribution in [-0.4, -0.2) is 16.3 Å². The van der Waals surface area contributed by atoms with Crippen LogP contribution in [-0.2, 0) is 0 Å². The Morgan fingerprint density at radius 1 is 0.955 bits per heavy atom. The summed E-state index contributed by atoms with van der Waals surface area (Å²) in [6.07, 6.45) is -1.15. The number of fused-ring (bicyclic) bond motifs is 1. The summed E-state index contributed by atoms with van der Waals surface area (Å²) in [7, 11) is 0. The molecule has 22 heavy (non-hydrogen) atoms. The molecule has 3 rings (SSSR count). The van der Waals surface area contributed by atoms with Crippen LogP contribution >= 0.6 is 0 Å². The maximum atomic E-state index is 12.1. The van der Waals surface area contributed by atoms with E-state index in [9.17, 15) is 13.2 Å². The number of hydrogen-bond acceptors (Lipinski definition) is 2. The van der Waals surface area contributed by atoms with Crippen LogP contribution in [0.3, 0.4) is 0 Å². The summed E-state index contributed by atoms with van der Waals surface area (Å²) in [5, 5.41) is 0. The molecule has 3 nitrogen and oxygen atoms in total. The Bertz CT molecular complexity index is 771. The van der Waals surface area contributed by atoms with Crippen molar-refractivity contribution in [1.29, 1.82) is 0 Å². The Kier molecular flexibility index (Phi) is 3.58. The van der Waals surface area contributed by atoms with Crippen molar-refractivity contribution in [2.45, 2.75) is 6.36 Å². The summed E-state index contributed by atoms with van der Waals surface area (Å²) in [6, 6.07) is 13.2. The zero-order valence-electron chi connectivity index (χ0n) is 11.3. The van der Waals surface area contributed by atoms with Gasteiger partial charge >= 0.3 is 6.36 Å². The number of nitrogens with zero attached hydrogens (tertiary/aromatic N) is 1. The molecule has 112 valence electrons. The van der Waals surface area contributed by atoms with E-state index in [0.29, 0.717) is 5.82 Å². The first kappa shape index (κ1) is 14.2. The van der Waals surface area contributed by atoms with Crippen molar-refractivity contribution in [2.24, 2.45) is 0 Å². The van der Waals surface area contributed by atoms with E-state index in [4.69, 9.17) is 0 Å². The van der Waals surface area contributed by atoms with Crippen molar-refractivity contribution in [3.05, 3.63) is 59.9 Å². The normalized spacial score (nSPS) is 12.1. The monoisotopic (exact) mass is 304 g/mol. The molecule has 2 aromatic carbocycles. The van der Waals surface area contributed by atoms with Gasteiger partial charge in [-0.3, -0.25) is 0 Å². The van der Waals surface area contributed by atoms with Gasteiger partial charge in [-0.1, -0.05) is 30.3 Å². The molecule has 0 aliphatic rings. The van der Waals surface area contributed by atoms with Gasteiger partial charge in [0, 0.05) is 0 Å². The third kappa shape index (κ3) is 3.46. The summed E-state index contributed by atoms with van der Waals surface area (Å²) in [6.45, 7) is 0. The molecule has 6 heteroatoms. The Morgan fingerprint density at radius 3 is 2.36 bits per heavy atom. The largest absolute Gasteiger partial charge is 0.573 e. The number of halogens is 3. The van der Waals surface area contributed by atoms with E-state index in [2.05, 4.69) is 14.7 Å². The smallest absolute Gasteiger partial charge is 0.406 e. The predicted octanol–water partition coefficient (Wildman–Crippen LogP) is 4.63. The van der Waals surface area contributed by atoms with Crippen LogP contribution in [0.4, 0.5) is 13.2 Å². The molecule has 3 aromatic rings. The number of ether oxygens (including phenoxy) is 1. The van der Waals surface area contributed by atoms with Gasteiger partial charge in [-0.15, -0.1) is 13.2 Å². The van der Waals surface area contributed by atoms with Crippen molar-refractivity contribution in [2.75, 3.05) is 0 Å². The molecule has 0 radical (unpaired) electrons. The second-order valence-corrected chi connectivity index (χ2v) is 4.59. The molecule has 0 amide bonds. The van der Waals surface area contributed by atoms with E-state index in [-0.39, 0.29) is 5.75 Å². The van der Waals surface area contributed by atoms with Gasteiger partial charge < -0.3 is 9.72 Å². The van der Waals surface area contributed by atoms with Crippen LogP contribution in [0.5, 0.6) is 5.75 Å². The Labute approximate surface area is 124 Å². The highest BCUT2D eigenvalue weighted by Crippen LogP contribution is 2.23. The third-order valence-corrected chi connectivity index (χ3v) is 2.96. The lowest BCUT2D eigenvalue weighted by Gasteiger charge is -2.08. The van der Waals surface area contributed by atoms with Gasteiger partial charge in [-0.25, -0.2) is 4.98 Å². The molecule has 0 bridgehead atoms. The number of aromatic amines is 1. The minimum Gasteiger partial charge on any atom is -0.406 e. The molecule has 0 unspecified atom stereocenters. The van der Waals surface area contributed by atoms with Crippen LogP contribution in [0, 0.1) is 0 Å². The minimum absolute atomic E-state index is 0.242. The average Bonchev–Trinajstić information content (AvgIpc) is 2.88. The van der Waals surface area contributed by atoms with E-state index < -0.39 is 6.36 Å². The zero-order chi connectivity index (χ0) is 15.6. The fourth-order valence-electron chi connectivity index (χ4n) is 2.01. The van der Waals surface area contributed by atoms with Gasteiger partial charge in [0.2, 0.25) is 0 Å². The topological polar surface area (TPSA) is 37.9 Å². The molecular weight excluding hydrogens is 293 g/mol. The van der Waals surface area contributed by atoms with E-state index >= 15 is 0 Å². The van der Waals surface area contributed by atoms with Crippen molar-refractivity contribution in [1.82, 2.24) is 9.97 Å². The van der Waals surface area contributed by atoms with Crippen LogP contribution in [0.25, 0.3) is 23.2 Å². The number of para-hydroxylation sites is 2. The van der Waals surface area contributed by atoms with Crippen LogP contribution < -0.4 is 4.74 Å². The summed E-state index contributed by atoms with van der Waals surface area (Å²) >= 11 is 0. The highest BCUT2D eigenvalue weighted by Gasteiger charge is 2.30. The SMILES string of the molecule is FC(F)(F)Oc1ccc(C=Cc2nc3ccccc3[nH]2)cc1. The minimum atomic E-state index is -4.67. The third-order valence-electron chi connectivity index (χ3n) is 2.96. The Hall–Kier alpha value is -2.76. The van der Waals surface area contributed by atoms with Crippen LogP contribution in [0.15, 0.2) is 48.5 Å². The molecule has 0 atom stereocenters. The Morgan fingerprint density at radius 2 is 1.68 bits per heavy atom. The molecular formula is C16H11F3N2O. The van der Waals surface area contributed by atoms with E-state index in [1.807, 2.05) is 24.3 Å². The summed E-state index contributed by atoms with van der Waals surface area (Å²) < 4.78 is 40.0. The zero-order valence-corrected chi connectivity index (χ0v) is 11.3. The number of hydrogen-bond donors (Lipinski definition) is 1. The maximum Gasteiger partial charge on any atom is 0.573 e. The maximum absolute atomic E-state index is 12.1. The first-order valence-corrected chi connectivity index (χ1v) is 6.48. The summed E-state index contributed by atoms with van der Waals surface area (Å²) in [5.74, 6) is 0.435. The van der Waals surface area contributed by atoms with Gasteiger partial charge in [0.05, 0.1) is 11.0 Å². The lowest BCUT2D eigenvalue weighted by atomic mass is 10.2. The number of rotatable bonds is 3. The van der Waals surface area contributed by atoms with Crippen molar-refractivity contribution >= 4 is 23.2 Å². The van der Waals surface area contributed by atoms with Gasteiger partial charge in [-0.2, -0.15) is 0 Å². The highest BCUT2D eigenvalue weighted by atomic mass is 19.4. The van der Waals surface area contributed by atoms with E-state index in [1.165, 1.54) is 12.1 Å². The van der Waals surface area contributed by atoms with Gasteiger partial charge in [0.25, 0.3) is 0 Å². The number of benzene rings is 2. The molecule has 0 saturated heterocycles. The van der Waals surface area contributed by atoms with Crippen molar-refractivity contribution in [3.63, 3.8) is 0 Å². The highest BCUT2D eigenvalue weighted by molar-refractivity contribution is 5.78. The number of imidazole rings is 1. The van der Waals surface area contributed by atoms with Crippen molar-refractivity contribution < 1.29 is 17.9 Å². The summed E-state index contributed by atoms with van der Waals surface area (Å²) in [4.78, 5) is 7.51. The number of H-pyrrole nitrogens is 1. The van der Waals surface area contributed by atoms with Gasteiger partial charge in [0.1, 0.15) is 11.6 Å². The standard InChI is InChI=1S/C16H11F3N2O/c17-16(18,19)22-12-8-5-11(6-9-12)7-10-15-20-13-3-1-2-4-14(13)21-15/h1-10H,(H,20,21). The fraction of sp³-hybridized carbons (Fsp3) is 0.0625. The molecule has 0 aliphatic heterocycles. The first-order valence-electron chi connectivity index (χ1n) is 6.48. The van der Waals surface area contributed by atoms with Crippen LogP contribution in [0.2, 0.25) is 0 Å². The lowest BCUT2D eigenvalue weighted by Crippen LogP contribution is -2.16. The van der Waals surface area contributed by atoms with Crippen LogP contribution in [0.1, 0.15) is 11.4 Å². The van der Waals surface area contributed by atoms with Crippen molar-refractivity contribution in [3.8, 4) is 5.75 Å². The van der Waals surface area contributed by atoms with Gasteiger partial charge in [-0.05, 0) is 35.9 Å². The second kappa shape index (κ2) is 5.55. The molecule has 0 fully saturated rings. The van der Waals surface area contributed by atoms with E-state index in [0.717, 1.165) is 16.6 Å². The fourth-order valence-corrected chi connectivity index (χ4v) is 2.01. The lowest BCUT2D eigenvalue weighted by molar-refractivity contribution is -0.274. The van der Waals surface area contributed by atoms with E-state index in [1.54, 1.807) is 24.3 Å². The Balaban J connectivity index is 1.74. The average molecular weight is 304 g/mol. The molecule has 1 N–H and O–H groups in total. The summed E-state index contributed by atoms with van der Waals surface area (Å²) in [5.41, 5.74) is 2.53. The molecule has 0 aliphatic carbocycles. The van der Waals surface area contributed by atoms with Gasteiger partial charge in [0.15, 0.2) is 0 Å². The molecule has 0 spiro atoms.